The van der Waals surface area contributed by atoms with E-state index in [1.807, 2.05) is 0 Å². The molecule has 1 unspecified atom stereocenters. The van der Waals surface area contributed by atoms with Crippen LogP contribution < -0.4 is 0 Å². The summed E-state index contributed by atoms with van der Waals surface area (Å²) in [6.45, 7) is 2.41. The fraction of sp³-hybridized carbons (Fsp3) is 1.00. The SMILES string of the molecule is C[C@H]1CCCCC1CI. The van der Waals surface area contributed by atoms with E-state index in [-0.39, 0.29) is 0 Å². The molecule has 0 aromatic rings. The van der Waals surface area contributed by atoms with E-state index in [1.165, 1.54) is 30.1 Å². The lowest BCUT2D eigenvalue weighted by molar-refractivity contribution is 0.285. The molecule has 1 heteroatoms. The van der Waals surface area contributed by atoms with Crippen LogP contribution in [0.1, 0.15) is 32.6 Å². The molecule has 1 fully saturated rings. The van der Waals surface area contributed by atoms with Crippen molar-refractivity contribution in [2.45, 2.75) is 32.6 Å². The molecule has 54 valence electrons. The zero-order valence-corrected chi connectivity index (χ0v) is 8.23. The molecule has 2 atom stereocenters. The third kappa shape index (κ3) is 2.10. The van der Waals surface area contributed by atoms with Crippen molar-refractivity contribution in [2.24, 2.45) is 11.8 Å². The van der Waals surface area contributed by atoms with E-state index in [4.69, 9.17) is 0 Å². The first-order chi connectivity index (χ1) is 4.34. The molecular weight excluding hydrogens is 223 g/mol. The van der Waals surface area contributed by atoms with Gasteiger partial charge >= 0.3 is 0 Å². The normalized spacial score (nSPS) is 36.7. The Balaban J connectivity index is 2.30. The van der Waals surface area contributed by atoms with Crippen LogP contribution in [0.15, 0.2) is 0 Å². The Kier molecular flexibility index (Phi) is 3.30. The minimum atomic E-state index is 1.01. The van der Waals surface area contributed by atoms with Crippen LogP contribution in [0.4, 0.5) is 0 Å². The van der Waals surface area contributed by atoms with E-state index in [9.17, 15) is 0 Å². The van der Waals surface area contributed by atoms with Gasteiger partial charge in [0, 0.05) is 4.43 Å². The molecule has 1 rings (SSSR count). The van der Waals surface area contributed by atoms with Gasteiger partial charge in [-0.3, -0.25) is 0 Å². The summed E-state index contributed by atoms with van der Waals surface area (Å²) in [6.07, 6.45) is 5.93. The average molecular weight is 238 g/mol. The molecule has 0 bridgehead atoms. The lowest BCUT2D eigenvalue weighted by atomic mass is 9.82. The molecule has 0 spiro atoms. The molecule has 1 aliphatic carbocycles. The zero-order valence-electron chi connectivity index (χ0n) is 6.07. The van der Waals surface area contributed by atoms with Crippen molar-refractivity contribution in [3.05, 3.63) is 0 Å². The van der Waals surface area contributed by atoms with Gasteiger partial charge in [-0.15, -0.1) is 0 Å². The number of halogens is 1. The summed E-state index contributed by atoms with van der Waals surface area (Å²) >= 11 is 2.52. The summed E-state index contributed by atoms with van der Waals surface area (Å²) < 4.78 is 1.37. The van der Waals surface area contributed by atoms with E-state index in [0.29, 0.717) is 0 Å². The lowest BCUT2D eigenvalue weighted by Crippen LogP contribution is -2.17. The Bertz CT molecular complexity index is 80.6. The molecule has 0 aliphatic heterocycles. The zero-order chi connectivity index (χ0) is 6.69. The Morgan fingerprint density at radius 1 is 1.33 bits per heavy atom. The van der Waals surface area contributed by atoms with Crippen molar-refractivity contribution >= 4 is 22.6 Å². The number of hydrogen-bond donors (Lipinski definition) is 0. The third-order valence-electron chi connectivity index (χ3n) is 2.49. The standard InChI is InChI=1S/C8H15I/c1-7-4-2-3-5-8(7)6-9/h7-8H,2-6H2,1H3/t7-,8?/m0/s1. The van der Waals surface area contributed by atoms with E-state index in [0.717, 1.165) is 11.8 Å². The fourth-order valence-corrected chi connectivity index (χ4v) is 2.93. The van der Waals surface area contributed by atoms with Gasteiger partial charge < -0.3 is 0 Å². The van der Waals surface area contributed by atoms with Crippen molar-refractivity contribution in [3.8, 4) is 0 Å². The average Bonchev–Trinajstić information content (AvgIpc) is 1.89. The van der Waals surface area contributed by atoms with Crippen LogP contribution in [-0.2, 0) is 0 Å². The van der Waals surface area contributed by atoms with Crippen LogP contribution in [-0.4, -0.2) is 4.43 Å². The van der Waals surface area contributed by atoms with Crippen molar-refractivity contribution in [1.29, 1.82) is 0 Å². The predicted octanol–water partition coefficient (Wildman–Crippen LogP) is 3.25. The molecule has 9 heavy (non-hydrogen) atoms. The molecule has 0 aromatic carbocycles. The topological polar surface area (TPSA) is 0 Å². The van der Waals surface area contributed by atoms with Crippen LogP contribution in [0.25, 0.3) is 0 Å². The molecule has 1 saturated carbocycles. The van der Waals surface area contributed by atoms with Crippen LogP contribution in [0, 0.1) is 11.8 Å². The van der Waals surface area contributed by atoms with E-state index < -0.39 is 0 Å². The van der Waals surface area contributed by atoms with E-state index in [1.54, 1.807) is 0 Å². The quantitative estimate of drug-likeness (QED) is 0.486. The second kappa shape index (κ2) is 3.79. The highest BCUT2D eigenvalue weighted by Crippen LogP contribution is 2.30. The van der Waals surface area contributed by atoms with Gasteiger partial charge in [-0.1, -0.05) is 48.8 Å². The Labute approximate surface area is 71.5 Å². The highest BCUT2D eigenvalue weighted by molar-refractivity contribution is 14.1. The molecule has 0 aromatic heterocycles. The van der Waals surface area contributed by atoms with Crippen molar-refractivity contribution in [1.82, 2.24) is 0 Å². The first-order valence-corrected chi connectivity index (χ1v) is 5.43. The summed E-state index contributed by atoms with van der Waals surface area (Å²) in [7, 11) is 0. The van der Waals surface area contributed by atoms with E-state index >= 15 is 0 Å². The van der Waals surface area contributed by atoms with Crippen LogP contribution in [0.5, 0.6) is 0 Å². The Morgan fingerprint density at radius 2 is 2.00 bits per heavy atom. The highest BCUT2D eigenvalue weighted by atomic mass is 127. The van der Waals surface area contributed by atoms with Crippen LogP contribution in [0.3, 0.4) is 0 Å². The lowest BCUT2D eigenvalue weighted by Gasteiger charge is -2.26. The predicted molar refractivity (Wildman–Crippen MR) is 50.0 cm³/mol. The minimum Gasteiger partial charge on any atom is -0.0861 e. The third-order valence-corrected chi connectivity index (χ3v) is 3.62. The van der Waals surface area contributed by atoms with Gasteiger partial charge in [0.15, 0.2) is 0 Å². The maximum Gasteiger partial charge on any atom is 0.00262 e. The van der Waals surface area contributed by atoms with Gasteiger partial charge in [0.25, 0.3) is 0 Å². The summed E-state index contributed by atoms with van der Waals surface area (Å²) in [5, 5.41) is 0. The number of rotatable bonds is 1. The second-order valence-corrected chi connectivity index (χ2v) is 4.06. The smallest absolute Gasteiger partial charge is 0.00262 e. The first-order valence-electron chi connectivity index (χ1n) is 3.90. The van der Waals surface area contributed by atoms with Crippen LogP contribution >= 0.6 is 22.6 Å². The fourth-order valence-electron chi connectivity index (χ4n) is 1.62. The molecule has 0 radical (unpaired) electrons. The summed E-state index contributed by atoms with van der Waals surface area (Å²) in [5.41, 5.74) is 0. The van der Waals surface area contributed by atoms with Gasteiger partial charge in [-0.25, -0.2) is 0 Å². The van der Waals surface area contributed by atoms with Crippen molar-refractivity contribution in [2.75, 3.05) is 4.43 Å². The number of alkyl halides is 1. The van der Waals surface area contributed by atoms with Crippen LogP contribution in [0.2, 0.25) is 0 Å². The maximum absolute atomic E-state index is 2.52. The maximum atomic E-state index is 2.52. The summed E-state index contributed by atoms with van der Waals surface area (Å²) in [6, 6.07) is 0. The van der Waals surface area contributed by atoms with Crippen molar-refractivity contribution in [3.63, 3.8) is 0 Å². The molecule has 0 N–H and O–H groups in total. The Hall–Kier alpha value is 0.730. The van der Waals surface area contributed by atoms with E-state index in [2.05, 4.69) is 29.5 Å². The minimum absolute atomic E-state index is 1.01. The largest absolute Gasteiger partial charge is 0.0861 e. The molecule has 0 amide bonds. The highest BCUT2D eigenvalue weighted by Gasteiger charge is 2.19. The van der Waals surface area contributed by atoms with Gasteiger partial charge in [-0.2, -0.15) is 0 Å². The van der Waals surface area contributed by atoms with Gasteiger partial charge in [0.1, 0.15) is 0 Å². The van der Waals surface area contributed by atoms with Crippen molar-refractivity contribution < 1.29 is 0 Å². The molecule has 0 nitrogen and oxygen atoms in total. The summed E-state index contributed by atoms with van der Waals surface area (Å²) in [5.74, 6) is 2.05. The molecular formula is C8H15I. The van der Waals surface area contributed by atoms with Gasteiger partial charge in [0.2, 0.25) is 0 Å². The summed E-state index contributed by atoms with van der Waals surface area (Å²) in [4.78, 5) is 0. The molecule has 1 aliphatic rings. The second-order valence-electron chi connectivity index (χ2n) is 3.18. The van der Waals surface area contributed by atoms with Gasteiger partial charge in [-0.05, 0) is 18.3 Å². The Morgan fingerprint density at radius 3 is 2.44 bits per heavy atom. The monoisotopic (exact) mass is 238 g/mol. The first kappa shape index (κ1) is 7.83. The molecule has 0 heterocycles. The molecule has 0 saturated heterocycles. The number of hydrogen-bond acceptors (Lipinski definition) is 0. The van der Waals surface area contributed by atoms with Gasteiger partial charge in [0.05, 0.1) is 0 Å².